The monoisotopic (exact) mass is 286 g/mol. The number of anilines is 1. The maximum absolute atomic E-state index is 12.8. The summed E-state index contributed by atoms with van der Waals surface area (Å²) in [4.78, 5) is 26.5. The molecule has 2 aromatic rings. The van der Waals surface area contributed by atoms with Crippen LogP contribution in [0.4, 0.5) is 5.82 Å². The second kappa shape index (κ2) is 6.57. The molecule has 1 aromatic heterocycles. The van der Waals surface area contributed by atoms with Crippen LogP contribution < -0.4 is 10.5 Å². The average molecular weight is 286 g/mol. The first-order valence-electron chi connectivity index (χ1n) is 7.55. The number of pyridine rings is 1. The number of nitrogens with zero attached hydrogens (tertiary/aromatic N) is 2. The van der Waals surface area contributed by atoms with Gasteiger partial charge in [0, 0.05) is 30.4 Å². The highest BCUT2D eigenvalue weighted by Crippen LogP contribution is 2.25. The minimum atomic E-state index is -0.0139. The van der Waals surface area contributed by atoms with Gasteiger partial charge in [0.25, 0.3) is 5.56 Å². The number of benzene rings is 1. The first kappa shape index (κ1) is 15.3. The third-order valence-corrected chi connectivity index (χ3v) is 3.82. The Balaban J connectivity index is 2.94. The molecule has 2 rings (SSSR count). The Morgan fingerprint density at radius 2 is 1.71 bits per heavy atom. The highest BCUT2D eigenvalue weighted by molar-refractivity contribution is 6.02. The molecular formula is C17H22N2O2. The van der Waals surface area contributed by atoms with Gasteiger partial charge in [-0.15, -0.1) is 0 Å². The zero-order chi connectivity index (χ0) is 15.4. The van der Waals surface area contributed by atoms with Crippen LogP contribution in [0.15, 0.2) is 29.1 Å². The summed E-state index contributed by atoms with van der Waals surface area (Å²) in [7, 11) is 0. The van der Waals surface area contributed by atoms with Crippen molar-refractivity contribution in [2.45, 2.75) is 33.7 Å². The van der Waals surface area contributed by atoms with Gasteiger partial charge in [-0.05, 0) is 26.3 Å². The molecule has 0 saturated heterocycles. The van der Waals surface area contributed by atoms with Crippen LogP contribution in [0, 0.1) is 0 Å². The van der Waals surface area contributed by atoms with Crippen LogP contribution in [0.25, 0.3) is 10.8 Å². The summed E-state index contributed by atoms with van der Waals surface area (Å²) in [6, 6.07) is 7.35. The molecule has 0 radical (unpaired) electrons. The van der Waals surface area contributed by atoms with Gasteiger partial charge in [-0.3, -0.25) is 14.2 Å². The van der Waals surface area contributed by atoms with E-state index in [9.17, 15) is 9.59 Å². The van der Waals surface area contributed by atoms with Crippen LogP contribution in [-0.2, 0) is 6.54 Å². The third kappa shape index (κ3) is 2.58. The Hall–Kier alpha value is -2.10. The van der Waals surface area contributed by atoms with Crippen LogP contribution in [0.5, 0.6) is 0 Å². The van der Waals surface area contributed by atoms with Gasteiger partial charge in [0.15, 0.2) is 6.29 Å². The van der Waals surface area contributed by atoms with Gasteiger partial charge < -0.3 is 4.90 Å². The van der Waals surface area contributed by atoms with E-state index in [4.69, 9.17) is 0 Å². The maximum Gasteiger partial charge on any atom is 0.260 e. The summed E-state index contributed by atoms with van der Waals surface area (Å²) >= 11 is 0. The summed E-state index contributed by atoms with van der Waals surface area (Å²) in [6.07, 6.45) is 1.73. The normalized spacial score (nSPS) is 10.8. The minimum Gasteiger partial charge on any atom is -0.358 e. The molecule has 1 heterocycles. The Morgan fingerprint density at radius 3 is 2.24 bits per heavy atom. The first-order valence-corrected chi connectivity index (χ1v) is 7.55. The van der Waals surface area contributed by atoms with Gasteiger partial charge in [0.05, 0.1) is 5.56 Å². The molecule has 0 aliphatic heterocycles. The number of hydrogen-bond donors (Lipinski definition) is 0. The van der Waals surface area contributed by atoms with Crippen molar-refractivity contribution in [2.24, 2.45) is 0 Å². The van der Waals surface area contributed by atoms with Gasteiger partial charge in [-0.2, -0.15) is 0 Å². The number of carbonyl (C=O) groups excluding carboxylic acids is 1. The highest BCUT2D eigenvalue weighted by Gasteiger charge is 2.19. The first-order chi connectivity index (χ1) is 10.2. The SMILES string of the molecule is CCCn1c(N(CC)CC)c(C=O)c2ccccc2c1=O. The lowest BCUT2D eigenvalue weighted by Gasteiger charge is -2.27. The minimum absolute atomic E-state index is 0.0139. The molecule has 0 N–H and O–H groups in total. The Bertz CT molecular complexity index is 700. The lowest BCUT2D eigenvalue weighted by Crippen LogP contribution is -2.33. The second-order valence-corrected chi connectivity index (χ2v) is 5.03. The molecule has 0 fully saturated rings. The molecule has 0 saturated carbocycles. The van der Waals surface area contributed by atoms with E-state index in [2.05, 4.69) is 4.90 Å². The standard InChI is InChI=1S/C17H22N2O2/c1-4-11-19-16(18(5-2)6-3)15(12-20)13-9-7-8-10-14(13)17(19)21/h7-10,12H,4-6,11H2,1-3H3. The molecule has 112 valence electrons. The molecule has 0 bridgehead atoms. The van der Waals surface area contributed by atoms with Gasteiger partial charge in [-0.1, -0.05) is 25.1 Å². The number of aromatic nitrogens is 1. The summed E-state index contributed by atoms with van der Waals surface area (Å²) in [5.74, 6) is 0.751. The molecule has 0 unspecified atom stereocenters. The van der Waals surface area contributed by atoms with E-state index in [-0.39, 0.29) is 5.56 Å². The summed E-state index contributed by atoms with van der Waals surface area (Å²) < 4.78 is 1.75. The van der Waals surface area contributed by atoms with Crippen molar-refractivity contribution in [2.75, 3.05) is 18.0 Å². The largest absolute Gasteiger partial charge is 0.358 e. The van der Waals surface area contributed by atoms with E-state index < -0.39 is 0 Å². The number of carbonyl (C=O) groups is 1. The number of rotatable bonds is 6. The number of hydrogen-bond acceptors (Lipinski definition) is 3. The number of aldehydes is 1. The molecule has 4 nitrogen and oxygen atoms in total. The molecule has 4 heteroatoms. The summed E-state index contributed by atoms with van der Waals surface area (Å²) in [5.41, 5.74) is 0.599. The smallest absolute Gasteiger partial charge is 0.260 e. The lowest BCUT2D eigenvalue weighted by atomic mass is 10.1. The summed E-state index contributed by atoms with van der Waals surface area (Å²) in [6.45, 7) is 8.25. The molecule has 21 heavy (non-hydrogen) atoms. The van der Waals surface area contributed by atoms with Gasteiger partial charge in [0.2, 0.25) is 0 Å². The van der Waals surface area contributed by atoms with Gasteiger partial charge in [0.1, 0.15) is 5.82 Å². The highest BCUT2D eigenvalue weighted by atomic mass is 16.1. The van der Waals surface area contributed by atoms with E-state index in [0.29, 0.717) is 17.5 Å². The molecule has 0 aliphatic carbocycles. The van der Waals surface area contributed by atoms with Gasteiger partial charge in [-0.25, -0.2) is 0 Å². The predicted octanol–water partition coefficient (Wildman–Crippen LogP) is 3.07. The van der Waals surface area contributed by atoms with E-state index >= 15 is 0 Å². The van der Waals surface area contributed by atoms with Gasteiger partial charge >= 0.3 is 0 Å². The molecule has 1 aromatic carbocycles. The zero-order valence-corrected chi connectivity index (χ0v) is 12.9. The third-order valence-electron chi connectivity index (χ3n) is 3.82. The van der Waals surface area contributed by atoms with Crippen LogP contribution in [0.1, 0.15) is 37.6 Å². The van der Waals surface area contributed by atoms with E-state index in [1.807, 2.05) is 39.0 Å². The van der Waals surface area contributed by atoms with E-state index in [0.717, 1.165) is 37.0 Å². The van der Waals surface area contributed by atoms with Crippen LogP contribution in [0.3, 0.4) is 0 Å². The second-order valence-electron chi connectivity index (χ2n) is 5.03. The van der Waals surface area contributed by atoms with Crippen molar-refractivity contribution >= 4 is 22.9 Å². The number of fused-ring (bicyclic) bond motifs is 1. The molecule has 0 atom stereocenters. The zero-order valence-electron chi connectivity index (χ0n) is 12.9. The van der Waals surface area contributed by atoms with Crippen molar-refractivity contribution in [1.29, 1.82) is 0 Å². The Morgan fingerprint density at radius 1 is 1.10 bits per heavy atom. The fourth-order valence-corrected chi connectivity index (χ4v) is 2.82. The van der Waals surface area contributed by atoms with Crippen LogP contribution >= 0.6 is 0 Å². The fraction of sp³-hybridized carbons (Fsp3) is 0.412. The van der Waals surface area contributed by atoms with Crippen LogP contribution in [0.2, 0.25) is 0 Å². The predicted molar refractivity (Wildman–Crippen MR) is 87.4 cm³/mol. The summed E-state index contributed by atoms with van der Waals surface area (Å²) in [5, 5.41) is 1.36. The molecule has 0 amide bonds. The van der Waals surface area contributed by atoms with Crippen molar-refractivity contribution < 1.29 is 4.79 Å². The molecule has 0 spiro atoms. The average Bonchev–Trinajstić information content (AvgIpc) is 2.52. The van der Waals surface area contributed by atoms with Crippen molar-refractivity contribution in [3.63, 3.8) is 0 Å². The van der Waals surface area contributed by atoms with E-state index in [1.54, 1.807) is 10.6 Å². The van der Waals surface area contributed by atoms with Crippen molar-refractivity contribution in [3.8, 4) is 0 Å². The van der Waals surface area contributed by atoms with Crippen molar-refractivity contribution in [3.05, 3.63) is 40.2 Å². The quantitative estimate of drug-likeness (QED) is 0.766. The topological polar surface area (TPSA) is 42.3 Å². The fourth-order valence-electron chi connectivity index (χ4n) is 2.82. The van der Waals surface area contributed by atoms with E-state index in [1.165, 1.54) is 0 Å². The maximum atomic E-state index is 12.8. The molecule has 0 aliphatic rings. The Kier molecular flexibility index (Phi) is 4.78. The lowest BCUT2D eigenvalue weighted by molar-refractivity contribution is 0.112. The molecular weight excluding hydrogens is 264 g/mol. The van der Waals surface area contributed by atoms with Crippen LogP contribution in [-0.4, -0.2) is 23.9 Å². The van der Waals surface area contributed by atoms with Crippen molar-refractivity contribution in [1.82, 2.24) is 4.57 Å². The Labute approximate surface area is 125 Å².